The Labute approximate surface area is 105 Å². The van der Waals surface area contributed by atoms with E-state index in [1.165, 1.54) is 37.0 Å². The molecule has 1 aromatic rings. The smallest absolute Gasteiger partial charge is 0.310 e. The van der Waals surface area contributed by atoms with E-state index in [2.05, 4.69) is 12.2 Å². The third-order valence-electron chi connectivity index (χ3n) is 3.55. The minimum atomic E-state index is -0.325. The van der Waals surface area contributed by atoms with Crippen LogP contribution in [0.5, 0.6) is 0 Å². The van der Waals surface area contributed by atoms with Gasteiger partial charge in [-0.1, -0.05) is 24.2 Å². The lowest BCUT2D eigenvalue weighted by molar-refractivity contribution is -0.380. The molecule has 1 heterocycles. The Kier molecular flexibility index (Phi) is 4.12. The van der Waals surface area contributed by atoms with Gasteiger partial charge in [-0.15, -0.1) is 0 Å². The number of nitrogens with zero attached hydrogens (tertiary/aromatic N) is 1. The van der Waals surface area contributed by atoms with Crippen LogP contribution < -0.4 is 5.32 Å². The summed E-state index contributed by atoms with van der Waals surface area (Å²) >= 11 is 1.20. The molecule has 1 N–H and O–H groups in total. The molecule has 5 heteroatoms. The van der Waals surface area contributed by atoms with Crippen molar-refractivity contribution in [3.8, 4) is 0 Å². The van der Waals surface area contributed by atoms with Crippen LogP contribution in [0.4, 0.5) is 5.00 Å². The summed E-state index contributed by atoms with van der Waals surface area (Å²) in [6, 6.07) is 2.18. The lowest BCUT2D eigenvalue weighted by Gasteiger charge is -2.19. The zero-order valence-corrected chi connectivity index (χ0v) is 10.8. The highest BCUT2D eigenvalue weighted by atomic mass is 32.1. The molecular weight excluding hydrogens is 236 g/mol. The standard InChI is InChI=1S/C12H18N2O2S/c1-9(11-4-2-3-5-11)13-7-10-6-12(14(15)16)17-8-10/h6,8-9,11,13H,2-5,7H2,1H3/t9-/m0/s1. The van der Waals surface area contributed by atoms with Gasteiger partial charge in [-0.25, -0.2) is 0 Å². The average Bonchev–Trinajstić information content (AvgIpc) is 2.97. The van der Waals surface area contributed by atoms with Gasteiger partial charge in [-0.2, -0.15) is 0 Å². The van der Waals surface area contributed by atoms with Crippen molar-refractivity contribution in [2.75, 3.05) is 0 Å². The first-order valence-electron chi connectivity index (χ1n) is 6.12. The van der Waals surface area contributed by atoms with Gasteiger partial charge in [0.2, 0.25) is 0 Å². The fraction of sp³-hybridized carbons (Fsp3) is 0.667. The van der Waals surface area contributed by atoms with Crippen molar-refractivity contribution in [3.05, 3.63) is 27.1 Å². The third-order valence-corrected chi connectivity index (χ3v) is 4.48. The first-order chi connectivity index (χ1) is 8.16. The van der Waals surface area contributed by atoms with Crippen LogP contribution in [0.1, 0.15) is 38.2 Å². The Hall–Kier alpha value is -0.940. The summed E-state index contributed by atoms with van der Waals surface area (Å²) in [4.78, 5) is 10.2. The second-order valence-electron chi connectivity index (χ2n) is 4.76. The van der Waals surface area contributed by atoms with Gasteiger partial charge >= 0.3 is 5.00 Å². The first kappa shape index (κ1) is 12.5. The van der Waals surface area contributed by atoms with Gasteiger partial charge in [0.25, 0.3) is 0 Å². The Balaban J connectivity index is 1.82. The molecule has 1 fully saturated rings. The molecular formula is C12H18N2O2S. The summed E-state index contributed by atoms with van der Waals surface area (Å²) in [7, 11) is 0. The molecule has 17 heavy (non-hydrogen) atoms. The molecule has 0 aliphatic heterocycles. The van der Waals surface area contributed by atoms with Crippen LogP contribution in [-0.4, -0.2) is 11.0 Å². The molecule has 1 aromatic heterocycles. The molecule has 0 unspecified atom stereocenters. The van der Waals surface area contributed by atoms with E-state index >= 15 is 0 Å². The fourth-order valence-corrected chi connectivity index (χ4v) is 3.18. The number of nitrogens with one attached hydrogen (secondary N) is 1. The van der Waals surface area contributed by atoms with Crippen LogP contribution in [0.25, 0.3) is 0 Å². The monoisotopic (exact) mass is 254 g/mol. The van der Waals surface area contributed by atoms with Crippen LogP contribution in [0, 0.1) is 16.0 Å². The highest BCUT2D eigenvalue weighted by Crippen LogP contribution is 2.28. The average molecular weight is 254 g/mol. The highest BCUT2D eigenvalue weighted by molar-refractivity contribution is 7.13. The number of hydrogen-bond donors (Lipinski definition) is 1. The molecule has 94 valence electrons. The van der Waals surface area contributed by atoms with Crippen LogP contribution in [0.2, 0.25) is 0 Å². The lowest BCUT2D eigenvalue weighted by Crippen LogP contribution is -2.31. The van der Waals surface area contributed by atoms with Crippen molar-refractivity contribution in [3.63, 3.8) is 0 Å². The second kappa shape index (κ2) is 5.60. The molecule has 1 saturated carbocycles. The fourth-order valence-electron chi connectivity index (χ4n) is 2.45. The SMILES string of the molecule is C[C@H](NCc1csc([N+](=O)[O-])c1)C1CCCC1. The van der Waals surface area contributed by atoms with Gasteiger partial charge in [0.15, 0.2) is 0 Å². The summed E-state index contributed by atoms with van der Waals surface area (Å²) < 4.78 is 0. The van der Waals surface area contributed by atoms with Gasteiger partial charge in [0.1, 0.15) is 0 Å². The van der Waals surface area contributed by atoms with E-state index in [0.29, 0.717) is 6.04 Å². The topological polar surface area (TPSA) is 55.2 Å². The molecule has 0 bridgehead atoms. The summed E-state index contributed by atoms with van der Waals surface area (Å²) in [6.07, 6.45) is 5.33. The van der Waals surface area contributed by atoms with Crippen molar-refractivity contribution in [2.45, 2.75) is 45.2 Å². The number of thiophene rings is 1. The summed E-state index contributed by atoms with van der Waals surface area (Å²) in [5.41, 5.74) is 1.02. The van der Waals surface area contributed by atoms with Crippen molar-refractivity contribution < 1.29 is 4.92 Å². The van der Waals surface area contributed by atoms with Crippen LogP contribution in [0.15, 0.2) is 11.4 Å². The highest BCUT2D eigenvalue weighted by Gasteiger charge is 2.21. The number of rotatable bonds is 5. The molecule has 1 aliphatic carbocycles. The lowest BCUT2D eigenvalue weighted by atomic mass is 10.00. The predicted molar refractivity (Wildman–Crippen MR) is 69.2 cm³/mol. The van der Waals surface area contributed by atoms with Crippen molar-refractivity contribution in [2.24, 2.45) is 5.92 Å². The zero-order chi connectivity index (χ0) is 12.3. The number of nitro groups is 1. The molecule has 4 nitrogen and oxygen atoms in total. The Morgan fingerprint density at radius 2 is 2.29 bits per heavy atom. The van der Waals surface area contributed by atoms with Crippen LogP contribution in [0.3, 0.4) is 0 Å². The molecule has 1 aliphatic rings. The minimum Gasteiger partial charge on any atom is -0.310 e. The maximum absolute atomic E-state index is 10.6. The van der Waals surface area contributed by atoms with Gasteiger partial charge < -0.3 is 5.32 Å². The van der Waals surface area contributed by atoms with E-state index < -0.39 is 0 Å². The molecule has 0 aromatic carbocycles. The molecule has 0 saturated heterocycles. The zero-order valence-electron chi connectivity index (χ0n) is 10.0. The van der Waals surface area contributed by atoms with E-state index in [1.54, 1.807) is 6.07 Å². The molecule has 0 radical (unpaired) electrons. The summed E-state index contributed by atoms with van der Waals surface area (Å²) in [6.45, 7) is 2.96. The van der Waals surface area contributed by atoms with Crippen LogP contribution >= 0.6 is 11.3 Å². The Morgan fingerprint density at radius 3 is 2.88 bits per heavy atom. The largest absolute Gasteiger partial charge is 0.324 e. The van der Waals surface area contributed by atoms with Gasteiger partial charge in [-0.3, -0.25) is 10.1 Å². The molecule has 2 rings (SSSR count). The summed E-state index contributed by atoms with van der Waals surface area (Å²) in [5, 5.41) is 16.1. The first-order valence-corrected chi connectivity index (χ1v) is 7.00. The maximum atomic E-state index is 10.6. The Morgan fingerprint density at radius 1 is 1.59 bits per heavy atom. The molecule has 1 atom stereocenters. The summed E-state index contributed by atoms with van der Waals surface area (Å²) in [5.74, 6) is 0.781. The van der Waals surface area contributed by atoms with Crippen molar-refractivity contribution in [1.82, 2.24) is 5.32 Å². The maximum Gasteiger partial charge on any atom is 0.324 e. The minimum absolute atomic E-state index is 0.232. The third kappa shape index (κ3) is 3.26. The predicted octanol–water partition coefficient (Wildman–Crippen LogP) is 3.32. The number of hydrogen-bond acceptors (Lipinski definition) is 4. The van der Waals surface area contributed by atoms with Gasteiger partial charge in [0.05, 0.1) is 4.92 Å². The molecule has 0 spiro atoms. The van der Waals surface area contributed by atoms with Gasteiger partial charge in [-0.05, 0) is 31.2 Å². The van der Waals surface area contributed by atoms with E-state index in [9.17, 15) is 10.1 Å². The van der Waals surface area contributed by atoms with E-state index in [-0.39, 0.29) is 9.92 Å². The van der Waals surface area contributed by atoms with E-state index in [4.69, 9.17) is 0 Å². The van der Waals surface area contributed by atoms with E-state index in [1.807, 2.05) is 5.38 Å². The van der Waals surface area contributed by atoms with Crippen molar-refractivity contribution in [1.29, 1.82) is 0 Å². The Bertz CT molecular complexity index is 386. The second-order valence-corrected chi connectivity index (χ2v) is 5.65. The van der Waals surface area contributed by atoms with E-state index in [0.717, 1.165) is 18.0 Å². The van der Waals surface area contributed by atoms with Crippen molar-refractivity contribution >= 4 is 16.3 Å². The quantitative estimate of drug-likeness (QED) is 0.647. The van der Waals surface area contributed by atoms with Crippen LogP contribution in [-0.2, 0) is 6.54 Å². The van der Waals surface area contributed by atoms with Gasteiger partial charge in [0, 0.05) is 24.0 Å². The normalized spacial score (nSPS) is 18.4. The molecule has 0 amide bonds.